The first-order valence-corrected chi connectivity index (χ1v) is 7.31. The number of carbonyl (C=O) groups is 1. The molecule has 2 N–H and O–H groups in total. The van der Waals surface area contributed by atoms with Crippen LogP contribution in [0.1, 0.15) is 23.2 Å². The van der Waals surface area contributed by atoms with Crippen LogP contribution in [0.15, 0.2) is 12.1 Å². The fourth-order valence-electron chi connectivity index (χ4n) is 2.28. The minimum absolute atomic E-state index is 0.139. The summed E-state index contributed by atoms with van der Waals surface area (Å²) in [5.41, 5.74) is -0.334. The standard InChI is InChI=1S/C14H17Cl2NO4/c1-20-12-10(15)6-9(7-11(12)16)13(19)17-14(8-18)2-4-21-5-3-14/h6-7,18H,2-5,8H2,1H3,(H,17,19). The quantitative estimate of drug-likeness (QED) is 0.886. The SMILES string of the molecule is COc1c(Cl)cc(C(=O)NC2(CO)CCOCC2)cc1Cl. The number of halogens is 2. The van der Waals surface area contributed by atoms with Gasteiger partial charge in [-0.1, -0.05) is 23.2 Å². The van der Waals surface area contributed by atoms with Crippen LogP contribution < -0.4 is 10.1 Å². The minimum atomic E-state index is -0.659. The molecule has 5 nitrogen and oxygen atoms in total. The van der Waals surface area contributed by atoms with E-state index in [0.717, 1.165) is 0 Å². The average Bonchev–Trinajstić information content (AvgIpc) is 2.47. The van der Waals surface area contributed by atoms with Crippen molar-refractivity contribution in [2.75, 3.05) is 26.9 Å². The summed E-state index contributed by atoms with van der Waals surface area (Å²) in [4.78, 5) is 12.4. The normalized spacial score (nSPS) is 17.3. The van der Waals surface area contributed by atoms with Gasteiger partial charge in [-0.05, 0) is 25.0 Å². The molecule has 1 aromatic carbocycles. The predicted molar refractivity (Wildman–Crippen MR) is 80.4 cm³/mol. The molecule has 21 heavy (non-hydrogen) atoms. The van der Waals surface area contributed by atoms with Crippen molar-refractivity contribution < 1.29 is 19.4 Å². The molecule has 1 heterocycles. The van der Waals surface area contributed by atoms with Crippen LogP contribution in [-0.4, -0.2) is 43.5 Å². The summed E-state index contributed by atoms with van der Waals surface area (Å²) in [5, 5.41) is 13.0. The van der Waals surface area contributed by atoms with E-state index in [-0.39, 0.29) is 22.6 Å². The molecule has 1 aliphatic rings. The number of aliphatic hydroxyl groups excluding tert-OH is 1. The first-order chi connectivity index (χ1) is 10.0. The van der Waals surface area contributed by atoms with Crippen LogP contribution in [0.5, 0.6) is 5.75 Å². The Kier molecular flexibility index (Phi) is 5.32. The molecule has 0 unspecified atom stereocenters. The van der Waals surface area contributed by atoms with Crippen molar-refractivity contribution in [2.45, 2.75) is 18.4 Å². The van der Waals surface area contributed by atoms with E-state index < -0.39 is 5.54 Å². The maximum Gasteiger partial charge on any atom is 0.251 e. The van der Waals surface area contributed by atoms with E-state index in [1.165, 1.54) is 19.2 Å². The Morgan fingerprint density at radius 3 is 2.43 bits per heavy atom. The van der Waals surface area contributed by atoms with Crippen molar-refractivity contribution in [1.29, 1.82) is 0 Å². The summed E-state index contributed by atoms with van der Waals surface area (Å²) in [5.74, 6) is -0.00442. The van der Waals surface area contributed by atoms with Crippen LogP contribution in [0.4, 0.5) is 0 Å². The van der Waals surface area contributed by atoms with Gasteiger partial charge < -0.3 is 19.9 Å². The molecule has 116 valence electrons. The Hall–Kier alpha value is -1.01. The second-order valence-corrected chi connectivity index (χ2v) is 5.79. The highest BCUT2D eigenvalue weighted by molar-refractivity contribution is 6.37. The Labute approximate surface area is 133 Å². The summed E-state index contributed by atoms with van der Waals surface area (Å²) in [6.07, 6.45) is 1.12. The first-order valence-electron chi connectivity index (χ1n) is 6.55. The zero-order valence-corrected chi connectivity index (χ0v) is 13.1. The molecule has 0 radical (unpaired) electrons. The lowest BCUT2D eigenvalue weighted by molar-refractivity contribution is 0.0125. The maximum absolute atomic E-state index is 12.4. The molecule has 1 saturated heterocycles. The number of aliphatic hydroxyl groups is 1. The van der Waals surface area contributed by atoms with E-state index in [4.69, 9.17) is 32.7 Å². The summed E-state index contributed by atoms with van der Waals surface area (Å²) >= 11 is 12.1. The number of carbonyl (C=O) groups excluding carboxylic acids is 1. The lowest BCUT2D eigenvalue weighted by Crippen LogP contribution is -2.54. The lowest BCUT2D eigenvalue weighted by Gasteiger charge is -2.36. The van der Waals surface area contributed by atoms with Gasteiger partial charge in [-0.15, -0.1) is 0 Å². The van der Waals surface area contributed by atoms with Gasteiger partial charge in [0.05, 0.1) is 29.3 Å². The molecule has 0 spiro atoms. The zero-order chi connectivity index (χ0) is 15.5. The zero-order valence-electron chi connectivity index (χ0n) is 11.6. The Morgan fingerprint density at radius 2 is 1.95 bits per heavy atom. The highest BCUT2D eigenvalue weighted by Gasteiger charge is 2.34. The molecule has 0 aliphatic carbocycles. The summed E-state index contributed by atoms with van der Waals surface area (Å²) in [6, 6.07) is 2.98. The molecule has 0 bridgehead atoms. The van der Waals surface area contributed by atoms with Gasteiger partial charge in [0.1, 0.15) is 0 Å². The number of rotatable bonds is 4. The highest BCUT2D eigenvalue weighted by atomic mass is 35.5. The molecule has 0 aromatic heterocycles. The molecule has 1 aliphatic heterocycles. The van der Waals surface area contributed by atoms with Crippen LogP contribution in [0, 0.1) is 0 Å². The highest BCUT2D eigenvalue weighted by Crippen LogP contribution is 2.34. The van der Waals surface area contributed by atoms with Gasteiger partial charge in [0, 0.05) is 18.8 Å². The minimum Gasteiger partial charge on any atom is -0.494 e. The van der Waals surface area contributed by atoms with E-state index >= 15 is 0 Å². The topological polar surface area (TPSA) is 67.8 Å². The summed E-state index contributed by atoms with van der Waals surface area (Å²) in [6.45, 7) is 0.871. The number of amides is 1. The van der Waals surface area contributed by atoms with E-state index in [1.54, 1.807) is 0 Å². The van der Waals surface area contributed by atoms with Gasteiger partial charge in [0.15, 0.2) is 5.75 Å². The van der Waals surface area contributed by atoms with Crippen molar-refractivity contribution >= 4 is 29.1 Å². The molecule has 1 fully saturated rings. The van der Waals surface area contributed by atoms with Crippen LogP contribution in [0.2, 0.25) is 10.0 Å². The van der Waals surface area contributed by atoms with Crippen LogP contribution in [0.25, 0.3) is 0 Å². The molecular weight excluding hydrogens is 317 g/mol. The number of hydrogen-bond donors (Lipinski definition) is 2. The van der Waals surface area contributed by atoms with E-state index in [9.17, 15) is 9.90 Å². The van der Waals surface area contributed by atoms with Crippen LogP contribution >= 0.6 is 23.2 Å². The Bertz CT molecular complexity index is 507. The fourth-order valence-corrected chi connectivity index (χ4v) is 2.93. The van der Waals surface area contributed by atoms with Gasteiger partial charge >= 0.3 is 0 Å². The van der Waals surface area contributed by atoms with Crippen LogP contribution in [-0.2, 0) is 4.74 Å². The molecule has 0 atom stereocenters. The third kappa shape index (κ3) is 3.61. The van der Waals surface area contributed by atoms with Crippen molar-refractivity contribution in [2.24, 2.45) is 0 Å². The van der Waals surface area contributed by atoms with E-state index in [0.29, 0.717) is 37.4 Å². The third-order valence-electron chi connectivity index (χ3n) is 3.60. The number of ether oxygens (including phenoxy) is 2. The van der Waals surface area contributed by atoms with E-state index in [1.807, 2.05) is 0 Å². The predicted octanol–water partition coefficient (Wildman–Crippen LogP) is 2.27. The van der Waals surface area contributed by atoms with Gasteiger partial charge in [0.25, 0.3) is 5.91 Å². The van der Waals surface area contributed by atoms with Crippen molar-refractivity contribution in [3.8, 4) is 5.75 Å². The monoisotopic (exact) mass is 333 g/mol. The first kappa shape index (κ1) is 16.4. The second-order valence-electron chi connectivity index (χ2n) is 4.98. The Balaban J connectivity index is 2.20. The molecular formula is C14H17Cl2NO4. The lowest BCUT2D eigenvalue weighted by atomic mass is 9.90. The fraction of sp³-hybridized carbons (Fsp3) is 0.500. The van der Waals surface area contributed by atoms with Crippen molar-refractivity contribution in [3.05, 3.63) is 27.7 Å². The molecule has 2 rings (SSSR count). The number of methoxy groups -OCH3 is 1. The van der Waals surface area contributed by atoms with Gasteiger partial charge in [0.2, 0.25) is 0 Å². The van der Waals surface area contributed by atoms with Gasteiger partial charge in [-0.3, -0.25) is 4.79 Å². The average molecular weight is 334 g/mol. The van der Waals surface area contributed by atoms with Crippen LogP contribution in [0.3, 0.4) is 0 Å². The molecule has 1 aromatic rings. The second kappa shape index (κ2) is 6.83. The van der Waals surface area contributed by atoms with Gasteiger partial charge in [-0.25, -0.2) is 0 Å². The molecule has 1 amide bonds. The summed E-state index contributed by atoms with van der Waals surface area (Å²) in [7, 11) is 1.45. The summed E-state index contributed by atoms with van der Waals surface area (Å²) < 4.78 is 10.3. The number of benzene rings is 1. The Morgan fingerprint density at radius 1 is 1.38 bits per heavy atom. The van der Waals surface area contributed by atoms with Crippen molar-refractivity contribution in [1.82, 2.24) is 5.32 Å². The largest absolute Gasteiger partial charge is 0.494 e. The molecule has 0 saturated carbocycles. The maximum atomic E-state index is 12.4. The molecule has 7 heteroatoms. The smallest absolute Gasteiger partial charge is 0.251 e. The van der Waals surface area contributed by atoms with Gasteiger partial charge in [-0.2, -0.15) is 0 Å². The van der Waals surface area contributed by atoms with Crippen molar-refractivity contribution in [3.63, 3.8) is 0 Å². The third-order valence-corrected chi connectivity index (χ3v) is 4.16. The van der Waals surface area contributed by atoms with E-state index in [2.05, 4.69) is 5.32 Å². The number of hydrogen-bond acceptors (Lipinski definition) is 4. The number of nitrogens with one attached hydrogen (secondary N) is 1.